The summed E-state index contributed by atoms with van der Waals surface area (Å²) in [5.74, 6) is -0.462. The van der Waals surface area contributed by atoms with Crippen LogP contribution in [0.25, 0.3) is 0 Å². The Labute approximate surface area is 218 Å². The van der Waals surface area contributed by atoms with Gasteiger partial charge in [0.25, 0.3) is 0 Å². The molecule has 2 aromatic carbocycles. The van der Waals surface area contributed by atoms with Crippen molar-refractivity contribution in [2.24, 2.45) is 16.2 Å². The summed E-state index contributed by atoms with van der Waals surface area (Å²) in [6.07, 6.45) is 3.58. The first kappa shape index (κ1) is 29.6. The van der Waals surface area contributed by atoms with Gasteiger partial charge >= 0.3 is 11.9 Å². The monoisotopic (exact) mass is 494 g/mol. The average molecular weight is 495 g/mol. The third-order valence-corrected chi connectivity index (χ3v) is 7.38. The highest BCUT2D eigenvalue weighted by Gasteiger charge is 2.41. The summed E-state index contributed by atoms with van der Waals surface area (Å²) in [7, 11) is 0. The third-order valence-electron chi connectivity index (χ3n) is 7.38. The van der Waals surface area contributed by atoms with E-state index >= 15 is 0 Å². The predicted molar refractivity (Wildman–Crippen MR) is 146 cm³/mol. The van der Waals surface area contributed by atoms with Gasteiger partial charge in [0.05, 0.1) is 17.4 Å². The molecule has 0 aliphatic heterocycles. The van der Waals surface area contributed by atoms with Crippen LogP contribution in [0.2, 0.25) is 0 Å². The topological polar surface area (TPSA) is 52.6 Å². The molecule has 2 aromatic rings. The van der Waals surface area contributed by atoms with Gasteiger partial charge in [-0.2, -0.15) is 0 Å². The zero-order valence-electron chi connectivity index (χ0n) is 23.6. The summed E-state index contributed by atoms with van der Waals surface area (Å²) >= 11 is 0. The van der Waals surface area contributed by atoms with Gasteiger partial charge in [-0.3, -0.25) is 9.59 Å². The molecule has 0 aliphatic carbocycles. The smallest absolute Gasteiger partial charge is 0.312 e. The minimum atomic E-state index is -0.920. The summed E-state index contributed by atoms with van der Waals surface area (Å²) in [6.45, 7) is 16.7. The van der Waals surface area contributed by atoms with Crippen molar-refractivity contribution >= 4 is 11.9 Å². The highest BCUT2D eigenvalue weighted by Crippen LogP contribution is 2.39. The Morgan fingerprint density at radius 2 is 1.19 bits per heavy atom. The van der Waals surface area contributed by atoms with E-state index < -0.39 is 16.4 Å². The van der Waals surface area contributed by atoms with E-state index in [0.29, 0.717) is 25.9 Å². The molecule has 2 rings (SSSR count). The number of hydrogen-bond acceptors (Lipinski definition) is 4. The Bertz CT molecular complexity index is 933. The van der Waals surface area contributed by atoms with E-state index in [1.807, 2.05) is 95.3 Å². The van der Waals surface area contributed by atoms with Crippen molar-refractivity contribution in [2.45, 2.75) is 93.1 Å². The van der Waals surface area contributed by atoms with Crippen molar-refractivity contribution in [1.29, 1.82) is 0 Å². The van der Waals surface area contributed by atoms with E-state index in [1.54, 1.807) is 0 Å². The number of hydrogen-bond donors (Lipinski definition) is 0. The van der Waals surface area contributed by atoms with Crippen molar-refractivity contribution in [3.63, 3.8) is 0 Å². The minimum absolute atomic E-state index is 0.179. The SMILES string of the molecule is CCC(C)(CCC(C)(C)C(=O)OC(C)(c1ccccc1)c1ccccc1)C(=O)OCCCC(C)(C)C. The van der Waals surface area contributed by atoms with Gasteiger partial charge in [0.15, 0.2) is 5.60 Å². The largest absolute Gasteiger partial charge is 0.465 e. The highest BCUT2D eigenvalue weighted by molar-refractivity contribution is 5.78. The first-order chi connectivity index (χ1) is 16.7. The van der Waals surface area contributed by atoms with Crippen LogP contribution in [0.5, 0.6) is 0 Å². The maximum absolute atomic E-state index is 13.6. The fourth-order valence-corrected chi connectivity index (χ4v) is 4.18. The second-order valence-corrected chi connectivity index (χ2v) is 12.3. The molecule has 0 aliphatic rings. The molecule has 0 radical (unpaired) electrons. The van der Waals surface area contributed by atoms with E-state index in [9.17, 15) is 9.59 Å². The van der Waals surface area contributed by atoms with Crippen LogP contribution in [0.4, 0.5) is 0 Å². The molecule has 4 heteroatoms. The lowest BCUT2D eigenvalue weighted by atomic mass is 9.76. The fourth-order valence-electron chi connectivity index (χ4n) is 4.18. The molecule has 4 nitrogen and oxygen atoms in total. The van der Waals surface area contributed by atoms with E-state index in [0.717, 1.165) is 24.0 Å². The van der Waals surface area contributed by atoms with Gasteiger partial charge in [-0.25, -0.2) is 0 Å². The van der Waals surface area contributed by atoms with Crippen molar-refractivity contribution in [3.8, 4) is 0 Å². The van der Waals surface area contributed by atoms with Crippen molar-refractivity contribution < 1.29 is 19.1 Å². The molecule has 36 heavy (non-hydrogen) atoms. The lowest BCUT2D eigenvalue weighted by Gasteiger charge is -2.36. The number of benzene rings is 2. The lowest BCUT2D eigenvalue weighted by Crippen LogP contribution is -2.38. The minimum Gasteiger partial charge on any atom is -0.465 e. The summed E-state index contributed by atoms with van der Waals surface area (Å²) in [6, 6.07) is 19.7. The highest BCUT2D eigenvalue weighted by atomic mass is 16.6. The molecular formula is C32H46O4. The molecule has 1 atom stereocenters. The quantitative estimate of drug-likeness (QED) is 0.221. The molecule has 0 heterocycles. The van der Waals surface area contributed by atoms with Crippen LogP contribution in [-0.2, 0) is 24.7 Å². The second kappa shape index (κ2) is 12.1. The molecular weight excluding hydrogens is 448 g/mol. The normalized spacial score (nSPS) is 14.1. The van der Waals surface area contributed by atoms with Gasteiger partial charge < -0.3 is 9.47 Å². The van der Waals surface area contributed by atoms with Crippen LogP contribution in [-0.4, -0.2) is 18.5 Å². The third kappa shape index (κ3) is 7.94. The van der Waals surface area contributed by atoms with E-state index in [1.165, 1.54) is 0 Å². The van der Waals surface area contributed by atoms with Crippen LogP contribution < -0.4 is 0 Å². The average Bonchev–Trinajstić information content (AvgIpc) is 2.85. The number of carbonyl (C=O) groups is 2. The van der Waals surface area contributed by atoms with Crippen molar-refractivity contribution in [2.75, 3.05) is 6.61 Å². The van der Waals surface area contributed by atoms with Crippen LogP contribution in [0.15, 0.2) is 60.7 Å². The van der Waals surface area contributed by atoms with Gasteiger partial charge in [0.1, 0.15) is 0 Å². The van der Waals surface area contributed by atoms with Gasteiger partial charge in [0.2, 0.25) is 0 Å². The van der Waals surface area contributed by atoms with Crippen molar-refractivity contribution in [1.82, 2.24) is 0 Å². The molecule has 0 aromatic heterocycles. The molecule has 0 amide bonds. The van der Waals surface area contributed by atoms with Gasteiger partial charge in [-0.05, 0) is 76.3 Å². The van der Waals surface area contributed by atoms with E-state index in [4.69, 9.17) is 9.47 Å². The molecule has 0 bridgehead atoms. The maximum Gasteiger partial charge on any atom is 0.312 e. The molecule has 0 fully saturated rings. The Morgan fingerprint density at radius 3 is 1.64 bits per heavy atom. The number of ether oxygens (including phenoxy) is 2. The molecule has 0 saturated carbocycles. The standard InChI is InChI=1S/C32H46O4/c1-9-31(7,28(34)35-24-16-21-29(2,3)4)23-22-30(5,6)27(33)36-32(8,25-17-12-10-13-18-25)26-19-14-11-15-20-26/h10-15,17-20H,9,16,21-24H2,1-8H3. The van der Waals surface area contributed by atoms with E-state index in [-0.39, 0.29) is 17.4 Å². The Hall–Kier alpha value is -2.62. The second-order valence-electron chi connectivity index (χ2n) is 12.3. The molecule has 0 N–H and O–H groups in total. The number of carbonyl (C=O) groups excluding carboxylic acids is 2. The number of esters is 2. The fraction of sp³-hybridized carbons (Fsp3) is 0.562. The summed E-state index contributed by atoms with van der Waals surface area (Å²) < 4.78 is 12.0. The van der Waals surface area contributed by atoms with Crippen LogP contribution in [0.3, 0.4) is 0 Å². The maximum atomic E-state index is 13.6. The van der Waals surface area contributed by atoms with Crippen LogP contribution in [0.1, 0.15) is 98.6 Å². The Morgan fingerprint density at radius 1 is 0.694 bits per heavy atom. The summed E-state index contributed by atoms with van der Waals surface area (Å²) in [5, 5.41) is 0. The first-order valence-electron chi connectivity index (χ1n) is 13.3. The van der Waals surface area contributed by atoms with Gasteiger partial charge in [-0.15, -0.1) is 0 Å². The lowest BCUT2D eigenvalue weighted by molar-refractivity contribution is -0.168. The first-order valence-corrected chi connectivity index (χ1v) is 13.3. The number of rotatable bonds is 12. The van der Waals surface area contributed by atoms with Crippen LogP contribution >= 0.6 is 0 Å². The Kier molecular flexibility index (Phi) is 9.93. The zero-order valence-corrected chi connectivity index (χ0v) is 23.6. The molecule has 198 valence electrons. The predicted octanol–water partition coefficient (Wildman–Crippen LogP) is 8.09. The van der Waals surface area contributed by atoms with Crippen LogP contribution in [0, 0.1) is 16.2 Å². The van der Waals surface area contributed by atoms with Gasteiger partial charge in [-0.1, -0.05) is 88.4 Å². The molecule has 0 spiro atoms. The summed E-state index contributed by atoms with van der Waals surface area (Å²) in [5.41, 5.74) is -0.277. The summed E-state index contributed by atoms with van der Waals surface area (Å²) in [4.78, 5) is 26.5. The zero-order chi connectivity index (χ0) is 27.0. The van der Waals surface area contributed by atoms with Crippen molar-refractivity contribution in [3.05, 3.63) is 71.8 Å². The molecule has 1 unspecified atom stereocenters. The molecule has 0 saturated heterocycles. The van der Waals surface area contributed by atoms with E-state index in [2.05, 4.69) is 20.8 Å². The Balaban J connectivity index is 2.11. The van der Waals surface area contributed by atoms with Gasteiger partial charge in [0, 0.05) is 0 Å².